The van der Waals surface area contributed by atoms with Crippen molar-refractivity contribution in [2.45, 2.75) is 26.9 Å². The van der Waals surface area contributed by atoms with Gasteiger partial charge in [0.15, 0.2) is 11.5 Å². The summed E-state index contributed by atoms with van der Waals surface area (Å²) in [6, 6.07) is 18.5. The third-order valence-electron chi connectivity index (χ3n) is 4.54. The van der Waals surface area contributed by atoms with Gasteiger partial charge in [-0.25, -0.2) is 9.82 Å². The number of amides is 1. The van der Waals surface area contributed by atoms with Gasteiger partial charge in [-0.3, -0.25) is 4.79 Å². The van der Waals surface area contributed by atoms with Gasteiger partial charge in [-0.2, -0.15) is 5.10 Å². The maximum absolute atomic E-state index is 13.4. The van der Waals surface area contributed by atoms with E-state index in [1.54, 1.807) is 36.4 Å². The molecule has 3 rings (SSSR count). The van der Waals surface area contributed by atoms with E-state index < -0.39 is 0 Å². The summed E-state index contributed by atoms with van der Waals surface area (Å²) in [6.45, 7) is 5.12. The second kappa shape index (κ2) is 12.2. The van der Waals surface area contributed by atoms with Crippen molar-refractivity contribution in [3.63, 3.8) is 0 Å². The molecule has 6 nitrogen and oxygen atoms in total. The summed E-state index contributed by atoms with van der Waals surface area (Å²) in [5.41, 5.74) is 4.30. The molecule has 172 valence electrons. The Kier molecular flexibility index (Phi) is 8.82. The van der Waals surface area contributed by atoms with Gasteiger partial charge in [-0.15, -0.1) is 0 Å². The van der Waals surface area contributed by atoms with Crippen LogP contribution in [0.15, 0.2) is 71.8 Å². The molecule has 0 saturated carbocycles. The smallest absolute Gasteiger partial charge is 0.271 e. The Balaban J connectivity index is 1.65. The summed E-state index contributed by atoms with van der Waals surface area (Å²) in [5, 5.41) is 4.06. The van der Waals surface area contributed by atoms with E-state index in [1.165, 1.54) is 18.3 Å². The van der Waals surface area contributed by atoms with Crippen molar-refractivity contribution in [2.24, 2.45) is 5.10 Å². The van der Waals surface area contributed by atoms with E-state index in [1.807, 2.05) is 32.0 Å². The molecular formula is C26H27FN2O4. The van der Waals surface area contributed by atoms with Crippen molar-refractivity contribution in [3.8, 4) is 17.2 Å². The minimum Gasteiger partial charge on any atom is -0.490 e. The molecule has 3 aromatic rings. The van der Waals surface area contributed by atoms with E-state index in [4.69, 9.17) is 14.2 Å². The lowest BCUT2D eigenvalue weighted by molar-refractivity contribution is 0.0954. The highest BCUT2D eigenvalue weighted by atomic mass is 19.1. The van der Waals surface area contributed by atoms with Crippen LogP contribution in [0.1, 0.15) is 41.8 Å². The Bertz CT molecular complexity index is 1100. The minimum absolute atomic E-state index is 0.210. The van der Waals surface area contributed by atoms with E-state index in [9.17, 15) is 9.18 Å². The lowest BCUT2D eigenvalue weighted by Crippen LogP contribution is -2.18. The molecular weight excluding hydrogens is 423 g/mol. The zero-order chi connectivity index (χ0) is 23.5. The second-order valence-electron chi connectivity index (χ2n) is 7.10. The summed E-state index contributed by atoms with van der Waals surface area (Å²) in [7, 11) is 0. The fourth-order valence-electron chi connectivity index (χ4n) is 2.98. The van der Waals surface area contributed by atoms with Crippen LogP contribution in [0.5, 0.6) is 17.2 Å². The van der Waals surface area contributed by atoms with Crippen molar-refractivity contribution in [2.75, 3.05) is 13.2 Å². The first kappa shape index (κ1) is 23.8. The van der Waals surface area contributed by atoms with Gasteiger partial charge in [-0.1, -0.05) is 31.2 Å². The third-order valence-corrected chi connectivity index (χ3v) is 4.54. The number of benzene rings is 3. The molecule has 0 atom stereocenters. The number of hydrogen-bond donors (Lipinski definition) is 1. The van der Waals surface area contributed by atoms with Gasteiger partial charge in [0, 0.05) is 11.1 Å². The maximum atomic E-state index is 13.4. The molecule has 3 aromatic carbocycles. The number of nitrogens with zero attached hydrogens (tertiary/aromatic N) is 1. The van der Waals surface area contributed by atoms with Crippen LogP contribution in [-0.2, 0) is 6.61 Å². The largest absolute Gasteiger partial charge is 0.490 e. The lowest BCUT2D eigenvalue weighted by atomic mass is 10.2. The Morgan fingerprint density at radius 1 is 0.939 bits per heavy atom. The Morgan fingerprint density at radius 2 is 1.79 bits per heavy atom. The van der Waals surface area contributed by atoms with E-state index in [0.29, 0.717) is 47.2 Å². The fourth-order valence-corrected chi connectivity index (χ4v) is 2.98. The first-order valence-electron chi connectivity index (χ1n) is 10.8. The van der Waals surface area contributed by atoms with E-state index in [-0.39, 0.29) is 18.3 Å². The van der Waals surface area contributed by atoms with Gasteiger partial charge in [0.05, 0.1) is 19.4 Å². The monoisotopic (exact) mass is 450 g/mol. The highest BCUT2D eigenvalue weighted by Crippen LogP contribution is 2.28. The standard InChI is InChI=1S/C26H27FN2O4/c1-3-14-32-24-13-12-20(16-25(24)31-4-2)26(30)29-28-17-21-9-5-6-11-23(21)33-18-19-8-7-10-22(27)15-19/h5-13,15-17H,3-4,14,18H2,1-2H3,(H,29,30)/b28-17+. The average molecular weight is 451 g/mol. The maximum Gasteiger partial charge on any atom is 0.271 e. The summed E-state index contributed by atoms with van der Waals surface area (Å²) in [4.78, 5) is 12.6. The molecule has 0 aliphatic rings. The number of nitrogens with one attached hydrogen (secondary N) is 1. The summed E-state index contributed by atoms with van der Waals surface area (Å²) in [6.07, 6.45) is 2.37. The van der Waals surface area contributed by atoms with Crippen LogP contribution in [0.2, 0.25) is 0 Å². The zero-order valence-electron chi connectivity index (χ0n) is 18.7. The molecule has 0 unspecified atom stereocenters. The Hall–Kier alpha value is -3.87. The molecule has 0 bridgehead atoms. The average Bonchev–Trinajstić information content (AvgIpc) is 2.83. The highest BCUT2D eigenvalue weighted by molar-refractivity contribution is 5.95. The van der Waals surface area contributed by atoms with Crippen molar-refractivity contribution in [1.29, 1.82) is 0 Å². The quantitative estimate of drug-likeness (QED) is 0.316. The van der Waals surface area contributed by atoms with Crippen molar-refractivity contribution < 1.29 is 23.4 Å². The second-order valence-corrected chi connectivity index (χ2v) is 7.10. The molecule has 0 fully saturated rings. The Labute approximate surface area is 193 Å². The third kappa shape index (κ3) is 7.07. The number of hydrogen-bond acceptors (Lipinski definition) is 5. The van der Waals surface area contributed by atoms with Gasteiger partial charge in [-0.05, 0) is 61.4 Å². The number of ether oxygens (including phenoxy) is 3. The SMILES string of the molecule is CCCOc1ccc(C(=O)N/N=C/c2ccccc2OCc2cccc(F)c2)cc1OCC. The number of halogens is 1. The van der Waals surface area contributed by atoms with Crippen LogP contribution in [0.3, 0.4) is 0 Å². The van der Waals surface area contributed by atoms with E-state index >= 15 is 0 Å². The number of hydrazone groups is 1. The molecule has 0 aliphatic carbocycles. The number of carbonyl (C=O) groups is 1. The molecule has 0 radical (unpaired) electrons. The Morgan fingerprint density at radius 3 is 2.58 bits per heavy atom. The van der Waals surface area contributed by atoms with E-state index in [2.05, 4.69) is 10.5 Å². The first-order valence-corrected chi connectivity index (χ1v) is 10.8. The molecule has 1 N–H and O–H groups in total. The number of para-hydroxylation sites is 1. The minimum atomic E-state index is -0.382. The van der Waals surface area contributed by atoms with Crippen LogP contribution in [-0.4, -0.2) is 25.3 Å². The predicted octanol–water partition coefficient (Wildman–Crippen LogP) is 5.36. The molecule has 0 spiro atoms. The zero-order valence-corrected chi connectivity index (χ0v) is 18.7. The summed E-state index contributed by atoms with van der Waals surface area (Å²) in [5.74, 6) is 0.983. The van der Waals surface area contributed by atoms with Gasteiger partial charge in [0.1, 0.15) is 18.2 Å². The van der Waals surface area contributed by atoms with Crippen LogP contribution < -0.4 is 19.6 Å². The topological polar surface area (TPSA) is 69.2 Å². The van der Waals surface area contributed by atoms with E-state index in [0.717, 1.165) is 6.42 Å². The van der Waals surface area contributed by atoms with Crippen LogP contribution in [0, 0.1) is 5.82 Å². The molecule has 7 heteroatoms. The fraction of sp³-hybridized carbons (Fsp3) is 0.231. The molecule has 0 heterocycles. The van der Waals surface area contributed by atoms with Crippen LogP contribution in [0.4, 0.5) is 4.39 Å². The molecule has 0 aromatic heterocycles. The van der Waals surface area contributed by atoms with Crippen molar-refractivity contribution in [3.05, 3.63) is 89.2 Å². The normalized spacial score (nSPS) is 10.8. The summed E-state index contributed by atoms with van der Waals surface area (Å²) >= 11 is 0. The van der Waals surface area contributed by atoms with Crippen molar-refractivity contribution in [1.82, 2.24) is 5.43 Å². The van der Waals surface area contributed by atoms with Crippen molar-refractivity contribution >= 4 is 12.1 Å². The first-order chi connectivity index (χ1) is 16.1. The molecule has 0 saturated heterocycles. The number of carbonyl (C=O) groups excluding carboxylic acids is 1. The van der Waals surface area contributed by atoms with Gasteiger partial charge in [0.2, 0.25) is 0 Å². The molecule has 1 amide bonds. The predicted molar refractivity (Wildman–Crippen MR) is 126 cm³/mol. The van der Waals surface area contributed by atoms with Crippen LogP contribution in [0.25, 0.3) is 0 Å². The highest BCUT2D eigenvalue weighted by Gasteiger charge is 2.11. The summed E-state index contributed by atoms with van der Waals surface area (Å²) < 4.78 is 30.4. The van der Waals surface area contributed by atoms with Crippen LogP contribution >= 0.6 is 0 Å². The van der Waals surface area contributed by atoms with Gasteiger partial charge < -0.3 is 14.2 Å². The lowest BCUT2D eigenvalue weighted by Gasteiger charge is -2.12. The molecule has 33 heavy (non-hydrogen) atoms. The number of rotatable bonds is 11. The van der Waals surface area contributed by atoms with Gasteiger partial charge >= 0.3 is 0 Å². The molecule has 0 aliphatic heterocycles. The van der Waals surface area contributed by atoms with Gasteiger partial charge in [0.25, 0.3) is 5.91 Å².